The third-order valence-corrected chi connectivity index (χ3v) is 9.05. The van der Waals surface area contributed by atoms with Crippen molar-refractivity contribution >= 4 is 43.6 Å². The monoisotopic (exact) mass is 605 g/mol. The Morgan fingerprint density at radius 1 is 0.543 bits per heavy atom. The minimum absolute atomic E-state index is 0.0330. The molecule has 0 atom stereocenters. The summed E-state index contributed by atoms with van der Waals surface area (Å²) in [5.74, 6) is 0. The van der Waals surface area contributed by atoms with Gasteiger partial charge in [-0.25, -0.2) is 0 Å². The molecule has 6 aromatic carbocycles. The molecule has 0 saturated carbocycles. The normalized spacial score (nSPS) is 12.0. The summed E-state index contributed by atoms with van der Waals surface area (Å²) >= 11 is 0. The molecule has 0 aliphatic carbocycles. The van der Waals surface area contributed by atoms with Gasteiger partial charge in [-0.2, -0.15) is 18.4 Å². The molecule has 2 aromatic heterocycles. The van der Waals surface area contributed by atoms with Gasteiger partial charge in [0, 0.05) is 27.1 Å². The molecule has 0 spiro atoms. The maximum Gasteiger partial charge on any atom is 0.417 e. The van der Waals surface area contributed by atoms with Crippen molar-refractivity contribution in [2.45, 2.75) is 20.0 Å². The molecule has 0 amide bonds. The first-order chi connectivity index (χ1) is 22.3. The van der Waals surface area contributed by atoms with Gasteiger partial charge in [-0.1, -0.05) is 78.9 Å². The molecule has 3 nitrogen and oxygen atoms in total. The maximum absolute atomic E-state index is 14.4. The number of nitrogens with zero attached hydrogens (tertiary/aromatic N) is 3. The fourth-order valence-electron chi connectivity index (χ4n) is 7.13. The van der Waals surface area contributed by atoms with Crippen LogP contribution in [0.25, 0.3) is 66.1 Å². The topological polar surface area (TPSA) is 33.6 Å². The van der Waals surface area contributed by atoms with Crippen LogP contribution in [0.2, 0.25) is 0 Å². The van der Waals surface area contributed by atoms with E-state index in [1.54, 1.807) is 18.2 Å². The molecule has 0 saturated heterocycles. The van der Waals surface area contributed by atoms with Crippen LogP contribution in [0.5, 0.6) is 0 Å². The average molecular weight is 606 g/mol. The lowest BCUT2D eigenvalue weighted by Gasteiger charge is -2.21. The molecule has 0 aliphatic heterocycles. The Morgan fingerprint density at radius 2 is 1.02 bits per heavy atom. The summed E-state index contributed by atoms with van der Waals surface area (Å²) in [6, 6.07) is 39.7. The van der Waals surface area contributed by atoms with E-state index >= 15 is 0 Å². The van der Waals surface area contributed by atoms with Gasteiger partial charge in [-0.3, -0.25) is 0 Å². The number of rotatable bonds is 3. The Hall–Kier alpha value is -5.80. The highest BCUT2D eigenvalue weighted by atomic mass is 19.4. The maximum atomic E-state index is 14.4. The first-order valence-electron chi connectivity index (χ1n) is 15.0. The Balaban J connectivity index is 1.60. The second kappa shape index (κ2) is 10.1. The highest BCUT2D eigenvalue weighted by Crippen LogP contribution is 2.44. The minimum Gasteiger partial charge on any atom is -0.307 e. The summed E-state index contributed by atoms with van der Waals surface area (Å²) in [7, 11) is 0. The van der Waals surface area contributed by atoms with Crippen LogP contribution >= 0.6 is 0 Å². The van der Waals surface area contributed by atoms with E-state index in [0.29, 0.717) is 11.4 Å². The van der Waals surface area contributed by atoms with E-state index in [9.17, 15) is 18.4 Å². The summed E-state index contributed by atoms with van der Waals surface area (Å²) < 4.78 is 47.5. The predicted molar refractivity (Wildman–Crippen MR) is 180 cm³/mol. The van der Waals surface area contributed by atoms with Crippen molar-refractivity contribution in [1.82, 2.24) is 9.13 Å². The standard InChI is InChI=1S/C40H26F3N3/c1-24-11-9-19-34-38(24)28-14-4-7-17-32(28)45(34)36-21-26(23-44)30(27-13-3-6-16-31(27)40(41,42)43)22-37(36)46-33-18-8-5-15-29(33)39-25(2)12-10-20-35(39)46/h3-22H,1-2H3. The van der Waals surface area contributed by atoms with Gasteiger partial charge in [-0.05, 0) is 73.0 Å². The van der Waals surface area contributed by atoms with Crippen LogP contribution in [-0.4, -0.2) is 9.13 Å². The van der Waals surface area contributed by atoms with Crippen molar-refractivity contribution in [3.8, 4) is 28.6 Å². The number of aryl methyl sites for hydroxylation is 2. The lowest BCUT2D eigenvalue weighted by molar-refractivity contribution is -0.137. The number of halogens is 3. The van der Waals surface area contributed by atoms with Crippen LogP contribution in [0.3, 0.4) is 0 Å². The number of aromatic nitrogens is 2. The second-order valence-electron chi connectivity index (χ2n) is 11.7. The van der Waals surface area contributed by atoms with Gasteiger partial charge in [0.2, 0.25) is 0 Å². The highest BCUT2D eigenvalue weighted by Gasteiger charge is 2.34. The summed E-state index contributed by atoms with van der Waals surface area (Å²) in [4.78, 5) is 0. The number of nitriles is 1. The molecule has 0 aliphatic rings. The average Bonchev–Trinajstić information content (AvgIpc) is 3.58. The van der Waals surface area contributed by atoms with Crippen molar-refractivity contribution < 1.29 is 13.2 Å². The van der Waals surface area contributed by atoms with Crippen molar-refractivity contribution in [2.75, 3.05) is 0 Å². The summed E-state index contributed by atoms with van der Waals surface area (Å²) in [6.07, 6.45) is -4.60. The first kappa shape index (κ1) is 27.7. The molecule has 0 fully saturated rings. The number of fused-ring (bicyclic) bond motifs is 6. The third kappa shape index (κ3) is 3.98. The lowest BCUT2D eigenvalue weighted by Crippen LogP contribution is -2.09. The van der Waals surface area contributed by atoms with E-state index in [1.807, 2.05) is 54.6 Å². The van der Waals surface area contributed by atoms with Gasteiger partial charge in [0.05, 0.1) is 50.6 Å². The second-order valence-corrected chi connectivity index (χ2v) is 11.7. The molecule has 0 bridgehead atoms. The molecule has 8 rings (SSSR count). The molecule has 0 N–H and O–H groups in total. The summed E-state index contributed by atoms with van der Waals surface area (Å²) in [5.41, 5.74) is 6.89. The first-order valence-corrected chi connectivity index (χ1v) is 15.0. The predicted octanol–water partition coefficient (Wildman–Crippen LogP) is 11.1. The summed E-state index contributed by atoms with van der Waals surface area (Å²) in [6.45, 7) is 4.15. The third-order valence-electron chi connectivity index (χ3n) is 9.05. The number of benzene rings is 6. The fourth-order valence-corrected chi connectivity index (χ4v) is 7.13. The number of alkyl halides is 3. The van der Waals surface area contributed by atoms with E-state index in [1.165, 1.54) is 12.1 Å². The highest BCUT2D eigenvalue weighted by molar-refractivity contribution is 6.13. The smallest absolute Gasteiger partial charge is 0.307 e. The van der Waals surface area contributed by atoms with Gasteiger partial charge in [0.25, 0.3) is 0 Å². The van der Waals surface area contributed by atoms with E-state index < -0.39 is 11.7 Å². The van der Waals surface area contributed by atoms with Crippen LogP contribution in [0.1, 0.15) is 22.3 Å². The molecule has 2 heterocycles. The number of hydrogen-bond acceptors (Lipinski definition) is 1. The summed E-state index contributed by atoms with van der Waals surface area (Å²) in [5, 5.41) is 14.8. The van der Waals surface area contributed by atoms with E-state index in [4.69, 9.17) is 0 Å². The largest absolute Gasteiger partial charge is 0.417 e. The molecule has 0 radical (unpaired) electrons. The minimum atomic E-state index is -4.60. The zero-order valence-corrected chi connectivity index (χ0v) is 25.0. The molecule has 222 valence electrons. The molecule has 8 aromatic rings. The molecular formula is C40H26F3N3. The Kier molecular flexibility index (Phi) is 6.10. The number of hydrogen-bond donors (Lipinski definition) is 0. The van der Waals surface area contributed by atoms with Crippen molar-refractivity contribution in [3.05, 3.63) is 144 Å². The number of para-hydroxylation sites is 2. The van der Waals surface area contributed by atoms with Crippen LogP contribution in [0.4, 0.5) is 13.2 Å². The van der Waals surface area contributed by atoms with Crippen LogP contribution in [-0.2, 0) is 6.18 Å². The molecule has 46 heavy (non-hydrogen) atoms. The van der Waals surface area contributed by atoms with Crippen molar-refractivity contribution in [3.63, 3.8) is 0 Å². The molecular weight excluding hydrogens is 579 g/mol. The quantitative estimate of drug-likeness (QED) is 0.197. The molecule has 6 heteroatoms. The van der Waals surface area contributed by atoms with E-state index in [-0.39, 0.29) is 16.7 Å². The van der Waals surface area contributed by atoms with Crippen molar-refractivity contribution in [2.24, 2.45) is 0 Å². The zero-order valence-electron chi connectivity index (χ0n) is 25.0. The fraction of sp³-hybridized carbons (Fsp3) is 0.0750. The Bertz CT molecular complexity index is 2560. The Labute approximate surface area is 263 Å². The lowest BCUT2D eigenvalue weighted by atomic mass is 9.94. The van der Waals surface area contributed by atoms with Gasteiger partial charge in [0.1, 0.15) is 0 Å². The van der Waals surface area contributed by atoms with Gasteiger partial charge in [-0.15, -0.1) is 0 Å². The van der Waals surface area contributed by atoms with E-state index in [0.717, 1.165) is 60.8 Å². The van der Waals surface area contributed by atoms with E-state index in [2.05, 4.69) is 59.4 Å². The van der Waals surface area contributed by atoms with Crippen LogP contribution in [0, 0.1) is 25.2 Å². The Morgan fingerprint density at radius 3 is 1.57 bits per heavy atom. The van der Waals surface area contributed by atoms with Crippen molar-refractivity contribution in [1.29, 1.82) is 5.26 Å². The van der Waals surface area contributed by atoms with Gasteiger partial charge in [0.15, 0.2) is 0 Å². The van der Waals surface area contributed by atoms with Crippen LogP contribution < -0.4 is 0 Å². The zero-order chi connectivity index (χ0) is 31.7. The van der Waals surface area contributed by atoms with Crippen LogP contribution in [0.15, 0.2) is 121 Å². The SMILES string of the molecule is Cc1cccc2c1c1ccccc1n2-c1cc(C#N)c(-c2ccccc2C(F)(F)F)cc1-n1c2ccccc2c2c(C)cccc21. The molecule has 0 unspecified atom stereocenters. The van der Waals surface area contributed by atoms with Gasteiger partial charge < -0.3 is 9.13 Å². The van der Waals surface area contributed by atoms with Gasteiger partial charge >= 0.3 is 6.18 Å².